The van der Waals surface area contributed by atoms with Gasteiger partial charge in [-0.15, -0.1) is 0 Å². The van der Waals surface area contributed by atoms with Gasteiger partial charge in [0.1, 0.15) is 6.54 Å². The monoisotopic (exact) mass is 361 g/mol. The van der Waals surface area contributed by atoms with E-state index in [-0.39, 0.29) is 6.54 Å². The van der Waals surface area contributed by atoms with Crippen LogP contribution < -0.4 is 10.0 Å². The molecule has 7 atom stereocenters. The van der Waals surface area contributed by atoms with Gasteiger partial charge in [0.2, 0.25) is 0 Å². The molecule has 0 amide bonds. The van der Waals surface area contributed by atoms with Crippen molar-refractivity contribution in [2.24, 2.45) is 39.9 Å². The Labute approximate surface area is 159 Å². The van der Waals surface area contributed by atoms with Crippen molar-refractivity contribution < 1.29 is 14.8 Å². The number of carbonyl (C=O) groups excluding carboxylic acids is 1. The minimum atomic E-state index is -0.879. The lowest BCUT2D eigenvalue weighted by molar-refractivity contribution is -0.905. The quantitative estimate of drug-likeness (QED) is 0.820. The summed E-state index contributed by atoms with van der Waals surface area (Å²) in [5, 5.41) is 11.0. The zero-order valence-corrected chi connectivity index (χ0v) is 17.4. The number of piperidine rings is 1. The largest absolute Gasteiger partial charge is 0.544 e. The van der Waals surface area contributed by atoms with Gasteiger partial charge in [0.05, 0.1) is 19.1 Å². The van der Waals surface area contributed by atoms with Crippen molar-refractivity contribution in [2.45, 2.75) is 79.1 Å². The van der Waals surface area contributed by atoms with Crippen molar-refractivity contribution in [3.05, 3.63) is 0 Å². The van der Waals surface area contributed by atoms with E-state index in [9.17, 15) is 9.90 Å². The Kier molecular flexibility index (Phi) is 4.49. The average molecular weight is 362 g/mol. The van der Waals surface area contributed by atoms with Crippen LogP contribution in [0.25, 0.3) is 0 Å². The second kappa shape index (κ2) is 6.22. The second-order valence-electron chi connectivity index (χ2n) is 11.5. The lowest BCUT2D eigenvalue weighted by atomic mass is 9.38. The van der Waals surface area contributed by atoms with Gasteiger partial charge in [0.15, 0.2) is 0 Å². The summed E-state index contributed by atoms with van der Waals surface area (Å²) < 4.78 is 0. The second-order valence-corrected chi connectivity index (χ2v) is 11.5. The maximum absolute atomic E-state index is 11.0. The fraction of sp³-hybridized carbons (Fsp3) is 0.957. The SMILES string of the molecule is CC1(C)CCC[C@@]2(C)[C@@H]1CC[C@@]1(C)C3CC[NH+](CC(=O)[O-])CC3CC[C@@H]21. The fourth-order valence-corrected chi connectivity index (χ4v) is 8.92. The molecule has 1 N–H and O–H groups in total. The number of likely N-dealkylation sites (tertiary alicyclic amines) is 1. The van der Waals surface area contributed by atoms with Crippen molar-refractivity contribution in [1.82, 2.24) is 0 Å². The number of hydrogen-bond donors (Lipinski definition) is 1. The summed E-state index contributed by atoms with van der Waals surface area (Å²) in [6, 6.07) is 0. The molecule has 0 aromatic heterocycles. The Hall–Kier alpha value is -0.570. The first-order valence-electron chi connectivity index (χ1n) is 11.2. The summed E-state index contributed by atoms with van der Waals surface area (Å²) in [4.78, 5) is 12.3. The van der Waals surface area contributed by atoms with Crippen LogP contribution in [0.3, 0.4) is 0 Å². The van der Waals surface area contributed by atoms with Gasteiger partial charge in [-0.2, -0.15) is 0 Å². The molecule has 3 saturated carbocycles. The highest BCUT2D eigenvalue weighted by Crippen LogP contribution is 2.69. The summed E-state index contributed by atoms with van der Waals surface area (Å²) in [5.74, 6) is 2.43. The maximum atomic E-state index is 11.0. The highest BCUT2D eigenvalue weighted by molar-refractivity contribution is 5.65. The Morgan fingerprint density at radius 3 is 2.46 bits per heavy atom. The van der Waals surface area contributed by atoms with Crippen LogP contribution in [0.5, 0.6) is 0 Å². The van der Waals surface area contributed by atoms with Gasteiger partial charge in [0.25, 0.3) is 0 Å². The summed E-state index contributed by atoms with van der Waals surface area (Å²) in [6.45, 7) is 12.6. The van der Waals surface area contributed by atoms with E-state index in [1.54, 1.807) is 0 Å². The molecule has 0 bridgehead atoms. The predicted molar refractivity (Wildman–Crippen MR) is 101 cm³/mol. The molecule has 148 valence electrons. The molecule has 26 heavy (non-hydrogen) atoms. The van der Waals surface area contributed by atoms with Gasteiger partial charge in [0, 0.05) is 12.3 Å². The average Bonchev–Trinajstić information content (AvgIpc) is 2.52. The van der Waals surface area contributed by atoms with E-state index < -0.39 is 5.97 Å². The van der Waals surface area contributed by atoms with Gasteiger partial charge in [-0.3, -0.25) is 0 Å². The Morgan fingerprint density at radius 2 is 1.73 bits per heavy atom. The standard InChI is InChI=1S/C23H39NO2/c1-21(2)10-5-11-23(4)18(21)8-12-22(3)17-9-13-24(15-20(25)26)14-16(17)6-7-19(22)23/h16-19H,5-15H2,1-4H3,(H,25,26)/t16?,17?,18-,19-,22+,23+/m1/s1. The van der Waals surface area contributed by atoms with E-state index >= 15 is 0 Å². The summed E-state index contributed by atoms with van der Waals surface area (Å²) in [6.07, 6.45) is 11.0. The molecule has 0 spiro atoms. The smallest absolute Gasteiger partial charge is 0.117 e. The Bertz CT molecular complexity index is 573. The molecule has 0 aromatic rings. The highest BCUT2D eigenvalue weighted by Gasteiger charge is 2.62. The molecule has 4 fully saturated rings. The highest BCUT2D eigenvalue weighted by atomic mass is 16.4. The molecule has 4 rings (SSSR count). The lowest BCUT2D eigenvalue weighted by Gasteiger charge is -2.67. The number of carbonyl (C=O) groups is 1. The van der Waals surface area contributed by atoms with Crippen LogP contribution in [0.15, 0.2) is 0 Å². The number of carboxylic acids is 1. The van der Waals surface area contributed by atoms with E-state index in [0.717, 1.165) is 36.8 Å². The topological polar surface area (TPSA) is 44.6 Å². The fourth-order valence-electron chi connectivity index (χ4n) is 8.92. The number of aliphatic carboxylic acids is 1. The van der Waals surface area contributed by atoms with Crippen LogP contribution >= 0.6 is 0 Å². The molecule has 4 aliphatic rings. The van der Waals surface area contributed by atoms with E-state index in [0.29, 0.717) is 16.2 Å². The normalized spacial score (nSPS) is 50.2. The predicted octanol–water partition coefficient (Wildman–Crippen LogP) is 2.30. The van der Waals surface area contributed by atoms with Gasteiger partial charge in [-0.1, -0.05) is 34.1 Å². The first kappa shape index (κ1) is 18.8. The van der Waals surface area contributed by atoms with E-state index in [1.165, 1.54) is 56.3 Å². The number of hydrogen-bond acceptors (Lipinski definition) is 2. The van der Waals surface area contributed by atoms with Crippen LogP contribution in [0.1, 0.15) is 79.1 Å². The molecule has 1 saturated heterocycles. The van der Waals surface area contributed by atoms with Crippen LogP contribution in [0.2, 0.25) is 0 Å². The molecule has 1 heterocycles. The third-order valence-corrected chi connectivity index (χ3v) is 9.84. The third kappa shape index (κ3) is 2.75. The zero-order chi connectivity index (χ0) is 18.7. The van der Waals surface area contributed by atoms with E-state index in [4.69, 9.17) is 0 Å². The van der Waals surface area contributed by atoms with Crippen LogP contribution in [-0.2, 0) is 4.79 Å². The van der Waals surface area contributed by atoms with Crippen LogP contribution in [-0.4, -0.2) is 25.6 Å². The molecule has 3 aliphatic carbocycles. The number of fused-ring (bicyclic) bond motifs is 5. The molecular weight excluding hydrogens is 322 g/mol. The summed E-state index contributed by atoms with van der Waals surface area (Å²) in [7, 11) is 0. The van der Waals surface area contributed by atoms with Gasteiger partial charge in [-0.25, -0.2) is 0 Å². The number of rotatable bonds is 2. The molecular formula is C23H39NO2. The maximum Gasteiger partial charge on any atom is 0.117 e. The zero-order valence-electron chi connectivity index (χ0n) is 17.4. The lowest BCUT2D eigenvalue weighted by Crippen LogP contribution is -3.15. The van der Waals surface area contributed by atoms with Crippen molar-refractivity contribution in [2.75, 3.05) is 19.6 Å². The van der Waals surface area contributed by atoms with Crippen LogP contribution in [0.4, 0.5) is 0 Å². The first-order chi connectivity index (χ1) is 12.2. The Morgan fingerprint density at radius 1 is 0.962 bits per heavy atom. The van der Waals surface area contributed by atoms with Crippen molar-refractivity contribution in [3.8, 4) is 0 Å². The Balaban J connectivity index is 1.57. The van der Waals surface area contributed by atoms with Gasteiger partial charge < -0.3 is 14.8 Å². The molecule has 1 aliphatic heterocycles. The first-order valence-corrected chi connectivity index (χ1v) is 11.2. The van der Waals surface area contributed by atoms with E-state index in [2.05, 4.69) is 27.7 Å². The third-order valence-electron chi connectivity index (χ3n) is 9.84. The molecule has 0 aromatic carbocycles. The van der Waals surface area contributed by atoms with Crippen LogP contribution in [0, 0.1) is 39.9 Å². The number of nitrogens with one attached hydrogen (secondary N) is 1. The number of carboxylic acid groups (broad SMARTS) is 1. The molecule has 3 nitrogen and oxygen atoms in total. The van der Waals surface area contributed by atoms with Crippen molar-refractivity contribution in [1.29, 1.82) is 0 Å². The van der Waals surface area contributed by atoms with Gasteiger partial charge in [-0.05, 0) is 72.5 Å². The number of quaternary nitrogens is 1. The molecule has 0 radical (unpaired) electrons. The van der Waals surface area contributed by atoms with E-state index in [1.807, 2.05) is 0 Å². The molecule has 3 heteroatoms. The minimum absolute atomic E-state index is 0.206. The summed E-state index contributed by atoms with van der Waals surface area (Å²) in [5.41, 5.74) is 1.51. The van der Waals surface area contributed by atoms with Crippen molar-refractivity contribution >= 4 is 5.97 Å². The van der Waals surface area contributed by atoms with Crippen molar-refractivity contribution in [3.63, 3.8) is 0 Å². The summed E-state index contributed by atoms with van der Waals surface area (Å²) >= 11 is 0. The van der Waals surface area contributed by atoms with Gasteiger partial charge >= 0.3 is 0 Å². The minimum Gasteiger partial charge on any atom is -0.544 e. The molecule has 3 unspecified atom stereocenters.